The molecule has 0 bridgehead atoms. The predicted molar refractivity (Wildman–Crippen MR) is 77.2 cm³/mol. The SMILES string of the molecule is CCCCCCCCC(=O)OCCC[C@@H]1CCCO1. The number of hydrogen-bond acceptors (Lipinski definition) is 3. The van der Waals surface area contributed by atoms with Gasteiger partial charge in [0, 0.05) is 13.0 Å². The van der Waals surface area contributed by atoms with Gasteiger partial charge < -0.3 is 9.47 Å². The van der Waals surface area contributed by atoms with Crippen LogP contribution in [0.2, 0.25) is 0 Å². The van der Waals surface area contributed by atoms with Gasteiger partial charge in [0.25, 0.3) is 0 Å². The maximum Gasteiger partial charge on any atom is 0.305 e. The zero-order valence-electron chi connectivity index (χ0n) is 12.5. The van der Waals surface area contributed by atoms with E-state index in [1.807, 2.05) is 0 Å². The zero-order valence-corrected chi connectivity index (χ0v) is 12.5. The second kappa shape index (κ2) is 11.3. The molecular formula is C16H30O3. The molecule has 1 saturated heterocycles. The fourth-order valence-electron chi connectivity index (χ4n) is 2.49. The van der Waals surface area contributed by atoms with Crippen LogP contribution >= 0.6 is 0 Å². The number of ether oxygens (including phenoxy) is 2. The standard InChI is InChI=1S/C16H30O3/c1-2-3-4-5-6-7-12-16(17)19-14-9-11-15-10-8-13-18-15/h15H,2-14H2,1H3/t15-/m0/s1. The summed E-state index contributed by atoms with van der Waals surface area (Å²) in [6.07, 6.45) is 12.6. The average molecular weight is 270 g/mol. The number of unbranched alkanes of at least 4 members (excludes halogenated alkanes) is 5. The first kappa shape index (κ1) is 16.5. The third-order valence-corrected chi connectivity index (χ3v) is 3.69. The normalized spacial score (nSPS) is 18.7. The quantitative estimate of drug-likeness (QED) is 0.416. The molecule has 0 aliphatic carbocycles. The van der Waals surface area contributed by atoms with Crippen molar-refractivity contribution in [3.8, 4) is 0 Å². The highest BCUT2D eigenvalue weighted by Gasteiger charge is 2.14. The minimum absolute atomic E-state index is 0.0252. The Labute approximate surface area is 118 Å². The van der Waals surface area contributed by atoms with Crippen molar-refractivity contribution in [1.82, 2.24) is 0 Å². The smallest absolute Gasteiger partial charge is 0.305 e. The summed E-state index contributed by atoms with van der Waals surface area (Å²) < 4.78 is 10.8. The van der Waals surface area contributed by atoms with E-state index in [0.717, 1.165) is 32.3 Å². The maximum absolute atomic E-state index is 11.5. The first-order valence-corrected chi connectivity index (χ1v) is 8.10. The van der Waals surface area contributed by atoms with E-state index in [1.165, 1.54) is 38.5 Å². The summed E-state index contributed by atoms with van der Waals surface area (Å²) in [5.74, 6) is -0.0252. The summed E-state index contributed by atoms with van der Waals surface area (Å²) >= 11 is 0. The third kappa shape index (κ3) is 9.04. The number of esters is 1. The molecule has 1 heterocycles. The Bertz CT molecular complexity index is 222. The van der Waals surface area contributed by atoms with E-state index in [2.05, 4.69) is 6.92 Å². The molecule has 0 N–H and O–H groups in total. The molecule has 0 saturated carbocycles. The summed E-state index contributed by atoms with van der Waals surface area (Å²) in [5, 5.41) is 0. The van der Waals surface area contributed by atoms with Crippen molar-refractivity contribution >= 4 is 5.97 Å². The topological polar surface area (TPSA) is 35.5 Å². The predicted octanol–water partition coefficient (Wildman–Crippen LogP) is 4.24. The molecule has 1 aliphatic heterocycles. The molecule has 0 amide bonds. The van der Waals surface area contributed by atoms with Crippen molar-refractivity contribution < 1.29 is 14.3 Å². The lowest BCUT2D eigenvalue weighted by Crippen LogP contribution is -2.09. The van der Waals surface area contributed by atoms with Crippen LogP contribution in [0.5, 0.6) is 0 Å². The van der Waals surface area contributed by atoms with Crippen LogP contribution in [0.4, 0.5) is 0 Å². The molecule has 0 aromatic rings. The monoisotopic (exact) mass is 270 g/mol. The van der Waals surface area contributed by atoms with E-state index < -0.39 is 0 Å². The van der Waals surface area contributed by atoms with Crippen LogP contribution in [-0.2, 0) is 14.3 Å². The molecule has 1 rings (SSSR count). The van der Waals surface area contributed by atoms with E-state index in [0.29, 0.717) is 19.1 Å². The van der Waals surface area contributed by atoms with E-state index in [1.54, 1.807) is 0 Å². The van der Waals surface area contributed by atoms with Gasteiger partial charge in [-0.2, -0.15) is 0 Å². The second-order valence-corrected chi connectivity index (χ2v) is 5.52. The fraction of sp³-hybridized carbons (Fsp3) is 0.938. The van der Waals surface area contributed by atoms with E-state index in [9.17, 15) is 4.79 Å². The molecule has 112 valence electrons. The van der Waals surface area contributed by atoms with Gasteiger partial charge in [0.2, 0.25) is 0 Å². The van der Waals surface area contributed by atoms with Crippen LogP contribution < -0.4 is 0 Å². The Hall–Kier alpha value is -0.570. The number of hydrogen-bond donors (Lipinski definition) is 0. The van der Waals surface area contributed by atoms with Crippen molar-refractivity contribution in [1.29, 1.82) is 0 Å². The molecule has 19 heavy (non-hydrogen) atoms. The van der Waals surface area contributed by atoms with Gasteiger partial charge in [0.05, 0.1) is 12.7 Å². The van der Waals surface area contributed by atoms with Crippen molar-refractivity contribution in [2.45, 2.75) is 83.7 Å². The van der Waals surface area contributed by atoms with Gasteiger partial charge in [-0.15, -0.1) is 0 Å². The lowest BCUT2D eigenvalue weighted by atomic mass is 10.1. The molecule has 1 aliphatic rings. The van der Waals surface area contributed by atoms with Gasteiger partial charge in [0.1, 0.15) is 0 Å². The minimum atomic E-state index is -0.0252. The first-order chi connectivity index (χ1) is 9.33. The Morgan fingerprint density at radius 3 is 2.68 bits per heavy atom. The Morgan fingerprint density at radius 1 is 1.16 bits per heavy atom. The molecule has 0 radical (unpaired) electrons. The minimum Gasteiger partial charge on any atom is -0.466 e. The lowest BCUT2D eigenvalue weighted by Gasteiger charge is -2.09. The summed E-state index contributed by atoms with van der Waals surface area (Å²) in [7, 11) is 0. The number of carbonyl (C=O) groups excluding carboxylic acids is 1. The van der Waals surface area contributed by atoms with Gasteiger partial charge in [-0.25, -0.2) is 0 Å². The van der Waals surface area contributed by atoms with Crippen molar-refractivity contribution in [3.63, 3.8) is 0 Å². The van der Waals surface area contributed by atoms with E-state index in [4.69, 9.17) is 9.47 Å². The Kier molecular flexibility index (Phi) is 9.78. The van der Waals surface area contributed by atoms with E-state index >= 15 is 0 Å². The van der Waals surface area contributed by atoms with Crippen LogP contribution in [0.3, 0.4) is 0 Å². The summed E-state index contributed by atoms with van der Waals surface area (Å²) in [4.78, 5) is 11.5. The van der Waals surface area contributed by atoms with Crippen LogP contribution in [0.1, 0.15) is 77.6 Å². The van der Waals surface area contributed by atoms with Crippen molar-refractivity contribution in [2.75, 3.05) is 13.2 Å². The van der Waals surface area contributed by atoms with Crippen molar-refractivity contribution in [3.05, 3.63) is 0 Å². The van der Waals surface area contributed by atoms with Gasteiger partial charge in [-0.3, -0.25) is 4.79 Å². The molecule has 1 atom stereocenters. The van der Waals surface area contributed by atoms with Gasteiger partial charge in [0.15, 0.2) is 0 Å². The fourth-order valence-corrected chi connectivity index (χ4v) is 2.49. The van der Waals surface area contributed by atoms with Crippen LogP contribution in [-0.4, -0.2) is 25.3 Å². The van der Waals surface area contributed by atoms with Crippen LogP contribution in [0, 0.1) is 0 Å². The largest absolute Gasteiger partial charge is 0.466 e. The van der Waals surface area contributed by atoms with Gasteiger partial charge in [-0.05, 0) is 32.1 Å². The molecular weight excluding hydrogens is 240 g/mol. The summed E-state index contributed by atoms with van der Waals surface area (Å²) in [5.41, 5.74) is 0. The average Bonchev–Trinajstić information content (AvgIpc) is 2.92. The summed E-state index contributed by atoms with van der Waals surface area (Å²) in [6, 6.07) is 0. The van der Waals surface area contributed by atoms with Crippen molar-refractivity contribution in [2.24, 2.45) is 0 Å². The molecule has 0 unspecified atom stereocenters. The number of rotatable bonds is 11. The molecule has 0 aromatic heterocycles. The zero-order chi connectivity index (χ0) is 13.8. The first-order valence-electron chi connectivity index (χ1n) is 8.10. The maximum atomic E-state index is 11.5. The highest BCUT2D eigenvalue weighted by Crippen LogP contribution is 2.16. The van der Waals surface area contributed by atoms with Crippen LogP contribution in [0.15, 0.2) is 0 Å². The third-order valence-electron chi connectivity index (χ3n) is 3.69. The Balaban J connectivity index is 1.82. The Morgan fingerprint density at radius 2 is 1.95 bits per heavy atom. The number of carbonyl (C=O) groups is 1. The molecule has 3 nitrogen and oxygen atoms in total. The highest BCUT2D eigenvalue weighted by atomic mass is 16.5. The molecule has 0 spiro atoms. The van der Waals surface area contributed by atoms with E-state index in [-0.39, 0.29) is 5.97 Å². The van der Waals surface area contributed by atoms with Crippen LogP contribution in [0.25, 0.3) is 0 Å². The lowest BCUT2D eigenvalue weighted by molar-refractivity contribution is -0.144. The molecule has 1 fully saturated rings. The van der Waals surface area contributed by atoms with Gasteiger partial charge >= 0.3 is 5.97 Å². The second-order valence-electron chi connectivity index (χ2n) is 5.52. The van der Waals surface area contributed by atoms with Gasteiger partial charge in [-0.1, -0.05) is 39.0 Å². The summed E-state index contributed by atoms with van der Waals surface area (Å²) in [6.45, 7) is 3.69. The molecule has 3 heteroatoms. The highest BCUT2D eigenvalue weighted by molar-refractivity contribution is 5.69. The molecule has 0 aromatic carbocycles.